The predicted octanol–water partition coefficient (Wildman–Crippen LogP) is 2.13. The van der Waals surface area contributed by atoms with E-state index in [1.54, 1.807) is 22.5 Å². The quantitative estimate of drug-likeness (QED) is 0.299. The van der Waals surface area contributed by atoms with Crippen molar-refractivity contribution >= 4 is 21.8 Å². The molecule has 10 nitrogen and oxygen atoms in total. The second-order valence-electron chi connectivity index (χ2n) is 9.72. The number of hydrogen-bond donors (Lipinski definition) is 3. The number of methoxy groups -OCH3 is 1. The van der Waals surface area contributed by atoms with E-state index in [1.807, 2.05) is 7.05 Å². The summed E-state index contributed by atoms with van der Waals surface area (Å²) in [4.78, 5) is 27.6. The van der Waals surface area contributed by atoms with Gasteiger partial charge in [-0.1, -0.05) is 32.1 Å². The van der Waals surface area contributed by atoms with E-state index < -0.39 is 22.0 Å². The molecule has 2 amide bonds. The third-order valence-electron chi connectivity index (χ3n) is 7.51. The van der Waals surface area contributed by atoms with Crippen LogP contribution in [0, 0.1) is 5.92 Å². The van der Waals surface area contributed by atoms with Crippen molar-refractivity contribution in [3.05, 3.63) is 24.3 Å². The number of nitrogens with zero attached hydrogens (tertiary/aromatic N) is 2. The highest BCUT2D eigenvalue weighted by Gasteiger charge is 2.38. The van der Waals surface area contributed by atoms with E-state index in [9.17, 15) is 23.2 Å². The zero-order chi connectivity index (χ0) is 26.1. The Kier molecular flexibility index (Phi) is 10.5. The monoisotopic (exact) mass is 524 g/mol. The van der Waals surface area contributed by atoms with Crippen molar-refractivity contribution in [2.75, 3.05) is 33.8 Å². The van der Waals surface area contributed by atoms with Gasteiger partial charge in [-0.2, -0.15) is 4.31 Å². The van der Waals surface area contributed by atoms with Crippen molar-refractivity contribution in [1.29, 1.82) is 0 Å². The van der Waals surface area contributed by atoms with Crippen molar-refractivity contribution in [2.45, 2.75) is 74.8 Å². The number of carbonyl (C=O) groups is 2. The summed E-state index contributed by atoms with van der Waals surface area (Å²) in [5, 5.41) is 12.7. The predicted molar refractivity (Wildman–Crippen MR) is 135 cm³/mol. The molecule has 1 saturated heterocycles. The molecule has 1 heterocycles. The molecule has 1 atom stereocenters. The number of sulfonamides is 1. The van der Waals surface area contributed by atoms with Crippen LogP contribution in [0.2, 0.25) is 0 Å². The number of likely N-dealkylation sites (tertiary alicyclic amines) is 1. The molecule has 1 aromatic carbocycles. The van der Waals surface area contributed by atoms with Crippen molar-refractivity contribution in [3.8, 4) is 5.75 Å². The lowest BCUT2D eigenvalue weighted by molar-refractivity contribution is -0.136. The Labute approximate surface area is 214 Å². The summed E-state index contributed by atoms with van der Waals surface area (Å²) in [6, 6.07) is 5.21. The van der Waals surface area contributed by atoms with Gasteiger partial charge in [-0.15, -0.1) is 0 Å². The Morgan fingerprint density at radius 3 is 2.31 bits per heavy atom. The summed E-state index contributed by atoms with van der Waals surface area (Å²) in [5.74, 6) is -0.237. The zero-order valence-corrected chi connectivity index (χ0v) is 22.1. The number of nitrogens with one attached hydrogen (secondary N) is 2. The van der Waals surface area contributed by atoms with Crippen LogP contribution in [0.15, 0.2) is 29.2 Å². The highest BCUT2D eigenvalue weighted by Crippen LogP contribution is 2.31. The van der Waals surface area contributed by atoms with E-state index in [2.05, 4.69) is 5.32 Å². The molecular weight excluding hydrogens is 484 g/mol. The largest absolute Gasteiger partial charge is 0.497 e. The van der Waals surface area contributed by atoms with Crippen molar-refractivity contribution in [3.63, 3.8) is 0 Å². The molecule has 2 aliphatic rings. The van der Waals surface area contributed by atoms with E-state index >= 15 is 0 Å². The molecule has 1 saturated carbocycles. The molecule has 11 heteroatoms. The van der Waals surface area contributed by atoms with Crippen LogP contribution in [0.25, 0.3) is 0 Å². The lowest BCUT2D eigenvalue weighted by atomic mass is 9.84. The fourth-order valence-corrected chi connectivity index (χ4v) is 6.88. The Morgan fingerprint density at radius 2 is 1.75 bits per heavy atom. The van der Waals surface area contributed by atoms with Crippen LogP contribution < -0.4 is 15.5 Å². The number of benzene rings is 1. The average Bonchev–Trinajstić information content (AvgIpc) is 2.92. The fourth-order valence-electron chi connectivity index (χ4n) is 5.28. The van der Waals surface area contributed by atoms with Gasteiger partial charge in [0.15, 0.2) is 0 Å². The highest BCUT2D eigenvalue weighted by molar-refractivity contribution is 7.89. The van der Waals surface area contributed by atoms with Crippen LogP contribution in [-0.2, 0) is 19.6 Å². The molecule has 3 rings (SSSR count). The first-order chi connectivity index (χ1) is 17.3. The molecule has 36 heavy (non-hydrogen) atoms. The smallest absolute Gasteiger partial charge is 0.261 e. The normalized spacial score (nSPS) is 18.7. The minimum atomic E-state index is -4.15. The number of amides is 2. The van der Waals surface area contributed by atoms with E-state index in [4.69, 9.17) is 4.74 Å². The first-order valence-corrected chi connectivity index (χ1v) is 14.3. The first kappa shape index (κ1) is 28.4. The minimum Gasteiger partial charge on any atom is -0.497 e. The molecular formula is C25H40N4O6S. The van der Waals surface area contributed by atoms with Crippen LogP contribution >= 0.6 is 0 Å². The Balaban J connectivity index is 1.85. The summed E-state index contributed by atoms with van der Waals surface area (Å²) in [5.41, 5.74) is 1.67. The fraction of sp³-hybridized carbons (Fsp3) is 0.680. The summed E-state index contributed by atoms with van der Waals surface area (Å²) in [6.45, 7) is 1.07. The molecule has 0 aromatic heterocycles. The lowest BCUT2D eigenvalue weighted by Gasteiger charge is -2.34. The van der Waals surface area contributed by atoms with Gasteiger partial charge < -0.3 is 15.0 Å². The van der Waals surface area contributed by atoms with Crippen molar-refractivity contribution in [1.82, 2.24) is 20.0 Å². The second-order valence-corrected chi connectivity index (χ2v) is 11.6. The second kappa shape index (κ2) is 13.4. The number of carbonyl (C=O) groups excluding carboxylic acids is 2. The molecule has 2 fully saturated rings. The maximum atomic E-state index is 13.8. The zero-order valence-electron chi connectivity index (χ0n) is 21.3. The van der Waals surface area contributed by atoms with E-state index in [0.717, 1.165) is 49.3 Å². The summed E-state index contributed by atoms with van der Waals surface area (Å²) < 4.78 is 33.8. The molecule has 0 spiro atoms. The topological polar surface area (TPSA) is 128 Å². The van der Waals surface area contributed by atoms with Crippen LogP contribution in [0.3, 0.4) is 0 Å². The van der Waals surface area contributed by atoms with E-state index in [0.29, 0.717) is 31.3 Å². The van der Waals surface area contributed by atoms with Gasteiger partial charge in [0.25, 0.3) is 5.91 Å². The standard InChI is InChI=1S/C25H40N4O6S/c1-26-20-12-15-28(16-13-20)24(30)14-17-29(36(33,34)22-10-8-21(35-2)9-11-22)23(25(31)27-32)18-19-6-4-3-5-7-19/h8-11,19-20,23,26,32H,3-7,12-18H2,1-2H3,(H,27,31). The van der Waals surface area contributed by atoms with Gasteiger partial charge in [0.1, 0.15) is 11.8 Å². The van der Waals surface area contributed by atoms with Gasteiger partial charge in [0.05, 0.1) is 12.0 Å². The summed E-state index contributed by atoms with van der Waals surface area (Å²) in [6.07, 6.45) is 6.94. The number of hydroxylamine groups is 1. The summed E-state index contributed by atoms with van der Waals surface area (Å²) in [7, 11) is -0.747. The van der Waals surface area contributed by atoms with Gasteiger partial charge in [0, 0.05) is 32.1 Å². The number of ether oxygens (including phenoxy) is 1. The molecule has 0 bridgehead atoms. The van der Waals surface area contributed by atoms with Crippen molar-refractivity contribution in [2.24, 2.45) is 5.92 Å². The average molecular weight is 525 g/mol. The number of rotatable bonds is 11. The Morgan fingerprint density at radius 1 is 1.11 bits per heavy atom. The molecule has 1 aliphatic carbocycles. The summed E-state index contributed by atoms with van der Waals surface area (Å²) >= 11 is 0. The van der Waals surface area contributed by atoms with Crippen molar-refractivity contribution < 1.29 is 28.0 Å². The minimum absolute atomic E-state index is 0.00460. The van der Waals surface area contributed by atoms with Crippen LogP contribution in [0.4, 0.5) is 0 Å². The van der Waals surface area contributed by atoms with E-state index in [1.165, 1.54) is 19.2 Å². The molecule has 0 radical (unpaired) electrons. The third-order valence-corrected chi connectivity index (χ3v) is 9.43. The van der Waals surface area contributed by atoms with Crippen LogP contribution in [-0.4, -0.2) is 80.5 Å². The van der Waals surface area contributed by atoms with Crippen LogP contribution in [0.5, 0.6) is 5.75 Å². The van der Waals surface area contributed by atoms with Crippen LogP contribution in [0.1, 0.15) is 57.8 Å². The van der Waals surface area contributed by atoms with Gasteiger partial charge >= 0.3 is 0 Å². The number of piperidine rings is 1. The molecule has 202 valence electrons. The maximum absolute atomic E-state index is 13.8. The van der Waals surface area contributed by atoms with E-state index in [-0.39, 0.29) is 29.7 Å². The highest BCUT2D eigenvalue weighted by atomic mass is 32.2. The van der Waals surface area contributed by atoms with Gasteiger partial charge in [-0.3, -0.25) is 14.8 Å². The Hall–Kier alpha value is -2.21. The Bertz CT molecular complexity index is 957. The van der Waals surface area contributed by atoms with Gasteiger partial charge in [-0.25, -0.2) is 13.9 Å². The third kappa shape index (κ3) is 7.18. The number of hydrogen-bond acceptors (Lipinski definition) is 7. The molecule has 1 aliphatic heterocycles. The maximum Gasteiger partial charge on any atom is 0.261 e. The molecule has 3 N–H and O–H groups in total. The SMILES string of the molecule is CNC1CCN(C(=O)CCN(C(CC2CCCCC2)C(=O)NO)S(=O)(=O)c2ccc(OC)cc2)CC1. The first-order valence-electron chi connectivity index (χ1n) is 12.8. The molecule has 1 aromatic rings. The molecule has 1 unspecified atom stereocenters. The van der Waals surface area contributed by atoms with Gasteiger partial charge in [-0.05, 0) is 56.5 Å². The van der Waals surface area contributed by atoms with Gasteiger partial charge in [0.2, 0.25) is 15.9 Å². The lowest BCUT2D eigenvalue weighted by Crippen LogP contribution is -2.51.